The molecule has 2 nitrogen and oxygen atoms in total. The van der Waals surface area contributed by atoms with E-state index in [4.69, 9.17) is 5.73 Å². The number of aromatic nitrogens is 1. The second-order valence-electron chi connectivity index (χ2n) is 3.16. The van der Waals surface area contributed by atoms with Gasteiger partial charge in [-0.2, -0.15) is 0 Å². The third-order valence-corrected chi connectivity index (χ3v) is 3.55. The summed E-state index contributed by atoms with van der Waals surface area (Å²) < 4.78 is 14.9. The summed E-state index contributed by atoms with van der Waals surface area (Å²) in [4.78, 5) is 3.96. The van der Waals surface area contributed by atoms with Gasteiger partial charge in [-0.3, -0.25) is 0 Å². The molecule has 2 N–H and O–H groups in total. The smallest absolute Gasteiger partial charge is 0.138 e. The van der Waals surface area contributed by atoms with Crippen LogP contribution in [0.2, 0.25) is 0 Å². The topological polar surface area (TPSA) is 38.9 Å². The third-order valence-electron chi connectivity index (χ3n) is 2.14. The van der Waals surface area contributed by atoms with Crippen molar-refractivity contribution in [1.82, 2.24) is 4.98 Å². The first-order valence-corrected chi connectivity index (χ1v) is 6.04. The lowest BCUT2D eigenvalue weighted by molar-refractivity contribution is 0.631. The van der Waals surface area contributed by atoms with E-state index < -0.39 is 0 Å². The molecule has 0 aliphatic heterocycles. The van der Waals surface area contributed by atoms with Gasteiger partial charge in [0.15, 0.2) is 0 Å². The summed E-state index contributed by atoms with van der Waals surface area (Å²) >= 11 is 6.66. The highest BCUT2D eigenvalue weighted by Gasteiger charge is 2.14. The van der Waals surface area contributed by atoms with Crippen molar-refractivity contribution in [3.05, 3.63) is 45.2 Å². The second-order valence-corrected chi connectivity index (χ2v) is 4.81. The van der Waals surface area contributed by atoms with Gasteiger partial charge in [0.25, 0.3) is 0 Å². The lowest BCUT2D eigenvalue weighted by Gasteiger charge is -2.09. The summed E-state index contributed by atoms with van der Waals surface area (Å²) in [6.45, 7) is 0. The van der Waals surface area contributed by atoms with Crippen LogP contribution in [-0.4, -0.2) is 4.98 Å². The lowest BCUT2D eigenvalue weighted by atomic mass is 10.1. The molecule has 0 saturated heterocycles. The van der Waals surface area contributed by atoms with E-state index in [0.29, 0.717) is 25.9 Å². The van der Waals surface area contributed by atoms with E-state index in [9.17, 15) is 4.39 Å². The summed E-state index contributed by atoms with van der Waals surface area (Å²) in [6.07, 6.45) is 1.56. The number of nitrogens with zero attached hydrogens (tertiary/aromatic N) is 1. The molecule has 0 amide bonds. The van der Waals surface area contributed by atoms with E-state index >= 15 is 0 Å². The minimum absolute atomic E-state index is 0.297. The van der Waals surface area contributed by atoms with Crippen molar-refractivity contribution in [3.63, 3.8) is 0 Å². The number of hydrogen-bond acceptors (Lipinski definition) is 2. The highest BCUT2D eigenvalue weighted by atomic mass is 79.9. The van der Waals surface area contributed by atoms with Gasteiger partial charge in [0.1, 0.15) is 11.6 Å². The SMILES string of the molecule is Nc1ncc(Br)c(-c2ccccc2F)c1Br. The van der Waals surface area contributed by atoms with E-state index in [-0.39, 0.29) is 5.82 Å². The van der Waals surface area contributed by atoms with Gasteiger partial charge in [0, 0.05) is 21.8 Å². The van der Waals surface area contributed by atoms with E-state index in [0.717, 1.165) is 0 Å². The van der Waals surface area contributed by atoms with Crippen LogP contribution in [0, 0.1) is 5.82 Å². The minimum atomic E-state index is -0.297. The first-order chi connectivity index (χ1) is 7.61. The molecule has 0 aliphatic carbocycles. The fraction of sp³-hybridized carbons (Fsp3) is 0. The first kappa shape index (κ1) is 11.5. The average Bonchev–Trinajstić information content (AvgIpc) is 2.27. The van der Waals surface area contributed by atoms with Crippen molar-refractivity contribution in [2.75, 3.05) is 5.73 Å². The monoisotopic (exact) mass is 344 g/mol. The molecule has 5 heteroatoms. The van der Waals surface area contributed by atoms with Crippen LogP contribution in [0.15, 0.2) is 39.4 Å². The number of nitrogens with two attached hydrogens (primary N) is 1. The van der Waals surface area contributed by atoms with Gasteiger partial charge in [-0.05, 0) is 37.9 Å². The molecule has 16 heavy (non-hydrogen) atoms. The maximum Gasteiger partial charge on any atom is 0.138 e. The lowest BCUT2D eigenvalue weighted by Crippen LogP contribution is -1.95. The van der Waals surface area contributed by atoms with Gasteiger partial charge in [0.2, 0.25) is 0 Å². The molecule has 0 fully saturated rings. The molecule has 2 aromatic rings. The standard InChI is InChI=1S/C11H7Br2FN2/c12-7-5-16-11(15)10(13)9(7)6-3-1-2-4-8(6)14/h1-5H,(H2,15,16). The molecular weight excluding hydrogens is 339 g/mol. The molecule has 0 aliphatic rings. The Morgan fingerprint density at radius 1 is 1.19 bits per heavy atom. The fourth-order valence-electron chi connectivity index (χ4n) is 1.39. The Labute approximate surface area is 109 Å². The summed E-state index contributed by atoms with van der Waals surface area (Å²) in [6, 6.07) is 6.52. The summed E-state index contributed by atoms with van der Waals surface area (Å²) in [7, 11) is 0. The van der Waals surface area contributed by atoms with Gasteiger partial charge in [-0.1, -0.05) is 18.2 Å². The summed E-state index contributed by atoms with van der Waals surface area (Å²) in [5.41, 5.74) is 6.83. The van der Waals surface area contributed by atoms with Crippen LogP contribution in [-0.2, 0) is 0 Å². The Hall–Kier alpha value is -0.940. The van der Waals surface area contributed by atoms with E-state index in [1.807, 2.05) is 0 Å². The zero-order chi connectivity index (χ0) is 11.7. The largest absolute Gasteiger partial charge is 0.383 e. The van der Waals surface area contributed by atoms with Crippen molar-refractivity contribution in [3.8, 4) is 11.1 Å². The summed E-state index contributed by atoms with van der Waals surface area (Å²) in [5.74, 6) is 0.0379. The molecule has 0 bridgehead atoms. The van der Waals surface area contributed by atoms with Gasteiger partial charge >= 0.3 is 0 Å². The molecule has 1 heterocycles. The fourth-order valence-corrected chi connectivity index (χ4v) is 2.70. The summed E-state index contributed by atoms with van der Waals surface area (Å²) in [5, 5.41) is 0. The predicted molar refractivity (Wildman–Crippen MR) is 69.4 cm³/mol. The number of nitrogen functional groups attached to an aromatic ring is 1. The molecule has 82 valence electrons. The minimum Gasteiger partial charge on any atom is -0.383 e. The first-order valence-electron chi connectivity index (χ1n) is 4.45. The predicted octanol–water partition coefficient (Wildman–Crippen LogP) is 3.99. The Kier molecular flexibility index (Phi) is 3.25. The van der Waals surface area contributed by atoms with Gasteiger partial charge in [0.05, 0.1) is 4.47 Å². The number of anilines is 1. The maximum absolute atomic E-state index is 13.7. The van der Waals surface area contributed by atoms with Crippen molar-refractivity contribution >= 4 is 37.7 Å². The van der Waals surface area contributed by atoms with Gasteiger partial charge < -0.3 is 5.73 Å². The van der Waals surface area contributed by atoms with Crippen molar-refractivity contribution in [1.29, 1.82) is 0 Å². The molecule has 0 radical (unpaired) electrons. The van der Waals surface area contributed by atoms with Crippen molar-refractivity contribution in [2.24, 2.45) is 0 Å². The quantitative estimate of drug-likeness (QED) is 0.848. The Morgan fingerprint density at radius 2 is 1.88 bits per heavy atom. The van der Waals surface area contributed by atoms with Crippen LogP contribution in [0.25, 0.3) is 11.1 Å². The van der Waals surface area contributed by atoms with Gasteiger partial charge in [-0.15, -0.1) is 0 Å². The molecule has 1 aromatic heterocycles. The Morgan fingerprint density at radius 3 is 2.56 bits per heavy atom. The molecule has 2 rings (SSSR count). The third kappa shape index (κ3) is 1.97. The van der Waals surface area contributed by atoms with Gasteiger partial charge in [-0.25, -0.2) is 9.37 Å². The number of halogens is 3. The zero-order valence-electron chi connectivity index (χ0n) is 8.05. The molecule has 0 atom stereocenters. The van der Waals surface area contributed by atoms with E-state index in [1.165, 1.54) is 6.07 Å². The van der Waals surface area contributed by atoms with E-state index in [2.05, 4.69) is 36.8 Å². The molecular formula is C11H7Br2FN2. The Bertz CT molecular complexity index is 544. The molecule has 0 spiro atoms. The highest BCUT2D eigenvalue weighted by Crippen LogP contribution is 2.38. The van der Waals surface area contributed by atoms with Crippen LogP contribution in [0.1, 0.15) is 0 Å². The zero-order valence-corrected chi connectivity index (χ0v) is 11.2. The normalized spacial score (nSPS) is 10.4. The number of rotatable bonds is 1. The number of benzene rings is 1. The van der Waals surface area contributed by atoms with Crippen molar-refractivity contribution in [2.45, 2.75) is 0 Å². The molecule has 0 saturated carbocycles. The van der Waals surface area contributed by atoms with Crippen LogP contribution < -0.4 is 5.73 Å². The number of hydrogen-bond donors (Lipinski definition) is 1. The average molecular weight is 346 g/mol. The van der Waals surface area contributed by atoms with Crippen LogP contribution in [0.3, 0.4) is 0 Å². The van der Waals surface area contributed by atoms with Crippen LogP contribution in [0.5, 0.6) is 0 Å². The highest BCUT2D eigenvalue weighted by molar-refractivity contribution is 9.11. The maximum atomic E-state index is 13.7. The molecule has 1 aromatic carbocycles. The second kappa shape index (κ2) is 4.51. The molecule has 0 unspecified atom stereocenters. The van der Waals surface area contributed by atoms with Crippen molar-refractivity contribution < 1.29 is 4.39 Å². The Balaban J connectivity index is 2.74. The van der Waals surface area contributed by atoms with Crippen LogP contribution in [0.4, 0.5) is 10.2 Å². The van der Waals surface area contributed by atoms with Crippen LogP contribution >= 0.6 is 31.9 Å². The van der Waals surface area contributed by atoms with E-state index in [1.54, 1.807) is 24.4 Å². The number of pyridine rings is 1.